The van der Waals surface area contributed by atoms with Crippen LogP contribution in [0.4, 0.5) is 11.4 Å². The highest BCUT2D eigenvalue weighted by molar-refractivity contribution is 7.80. The first-order chi connectivity index (χ1) is 13.3. The summed E-state index contributed by atoms with van der Waals surface area (Å²) in [5, 5.41) is 8.63. The van der Waals surface area contributed by atoms with Crippen molar-refractivity contribution in [3.05, 3.63) is 54.1 Å². The minimum atomic E-state index is 0.690. The number of azo groups is 1. The van der Waals surface area contributed by atoms with Gasteiger partial charge in [-0.05, 0) is 67.0 Å². The summed E-state index contributed by atoms with van der Waals surface area (Å²) in [5.41, 5.74) is 3.09. The van der Waals surface area contributed by atoms with Crippen LogP contribution >= 0.6 is 12.6 Å². The van der Waals surface area contributed by atoms with Crippen LogP contribution in [-0.4, -0.2) is 12.4 Å². The fourth-order valence-corrected chi connectivity index (χ4v) is 2.95. The number of aryl methyl sites for hydroxylation is 1. The molecule has 0 spiro atoms. The molecule has 2 rings (SSSR count). The minimum Gasteiger partial charge on any atom is -0.494 e. The van der Waals surface area contributed by atoms with Crippen LogP contribution in [0.3, 0.4) is 0 Å². The standard InChI is InChI=1S/C23H32N2OS/c1-2-3-4-5-6-7-9-20-10-12-21(13-11-20)24-25-22-14-16-23(17-15-22)26-18-8-19-27/h10-17,27H,2-9,18-19H2,1H3. The summed E-state index contributed by atoms with van der Waals surface area (Å²) in [4.78, 5) is 0. The van der Waals surface area contributed by atoms with Crippen LogP contribution in [0.25, 0.3) is 0 Å². The average molecular weight is 385 g/mol. The third-order valence-electron chi connectivity index (χ3n) is 4.44. The van der Waals surface area contributed by atoms with E-state index in [1.54, 1.807) is 0 Å². The van der Waals surface area contributed by atoms with Crippen LogP contribution < -0.4 is 4.74 Å². The Morgan fingerprint density at radius 1 is 0.741 bits per heavy atom. The topological polar surface area (TPSA) is 34.0 Å². The van der Waals surface area contributed by atoms with Crippen molar-refractivity contribution >= 4 is 24.0 Å². The SMILES string of the molecule is CCCCCCCCc1ccc(N=Nc2ccc(OCCCS)cc2)cc1. The van der Waals surface area contributed by atoms with Gasteiger partial charge in [0.1, 0.15) is 5.75 Å². The molecular weight excluding hydrogens is 352 g/mol. The molecule has 4 heteroatoms. The van der Waals surface area contributed by atoms with Gasteiger partial charge in [-0.3, -0.25) is 0 Å². The summed E-state index contributed by atoms with van der Waals surface area (Å²) in [6, 6.07) is 16.1. The Hall–Kier alpha value is -1.81. The van der Waals surface area contributed by atoms with Crippen molar-refractivity contribution in [2.75, 3.05) is 12.4 Å². The summed E-state index contributed by atoms with van der Waals surface area (Å²) in [6.07, 6.45) is 10.1. The van der Waals surface area contributed by atoms with Crippen molar-refractivity contribution in [3.63, 3.8) is 0 Å². The number of unbranched alkanes of at least 4 members (excludes halogenated alkanes) is 5. The number of ether oxygens (including phenoxy) is 1. The Bertz CT molecular complexity index is 653. The largest absolute Gasteiger partial charge is 0.494 e. The van der Waals surface area contributed by atoms with E-state index in [2.05, 4.69) is 41.9 Å². The van der Waals surface area contributed by atoms with E-state index in [-0.39, 0.29) is 0 Å². The fourth-order valence-electron chi connectivity index (χ4n) is 2.82. The van der Waals surface area contributed by atoms with Gasteiger partial charge in [0.25, 0.3) is 0 Å². The van der Waals surface area contributed by atoms with Gasteiger partial charge in [0.2, 0.25) is 0 Å². The van der Waals surface area contributed by atoms with Crippen LogP contribution in [-0.2, 0) is 6.42 Å². The number of thiol groups is 1. The molecule has 0 fully saturated rings. The molecule has 0 unspecified atom stereocenters. The maximum Gasteiger partial charge on any atom is 0.119 e. The normalized spacial score (nSPS) is 11.2. The van der Waals surface area contributed by atoms with Gasteiger partial charge in [-0.2, -0.15) is 22.9 Å². The minimum absolute atomic E-state index is 0.690. The van der Waals surface area contributed by atoms with Crippen molar-refractivity contribution in [3.8, 4) is 5.75 Å². The van der Waals surface area contributed by atoms with E-state index in [0.29, 0.717) is 6.61 Å². The summed E-state index contributed by atoms with van der Waals surface area (Å²) in [7, 11) is 0. The van der Waals surface area contributed by atoms with Crippen molar-refractivity contribution < 1.29 is 4.74 Å². The molecule has 0 saturated carbocycles. The second-order valence-electron chi connectivity index (χ2n) is 6.80. The third kappa shape index (κ3) is 9.09. The van der Waals surface area contributed by atoms with Crippen molar-refractivity contribution in [2.24, 2.45) is 10.2 Å². The molecule has 0 aliphatic carbocycles. The van der Waals surface area contributed by atoms with Gasteiger partial charge in [0.05, 0.1) is 18.0 Å². The number of nitrogens with zero attached hydrogens (tertiary/aromatic N) is 2. The van der Waals surface area contributed by atoms with Crippen molar-refractivity contribution in [1.29, 1.82) is 0 Å². The predicted octanol–water partition coefficient (Wildman–Crippen LogP) is 7.70. The average Bonchev–Trinajstić information content (AvgIpc) is 2.71. The van der Waals surface area contributed by atoms with Gasteiger partial charge in [-0.25, -0.2) is 0 Å². The van der Waals surface area contributed by atoms with Gasteiger partial charge >= 0.3 is 0 Å². The van der Waals surface area contributed by atoms with E-state index in [1.807, 2.05) is 36.4 Å². The molecule has 3 nitrogen and oxygen atoms in total. The van der Waals surface area contributed by atoms with Gasteiger partial charge < -0.3 is 4.74 Å². The lowest BCUT2D eigenvalue weighted by molar-refractivity contribution is 0.319. The quantitative estimate of drug-likeness (QED) is 0.214. The summed E-state index contributed by atoms with van der Waals surface area (Å²) in [5.74, 6) is 1.69. The maximum absolute atomic E-state index is 5.62. The van der Waals surface area contributed by atoms with Crippen molar-refractivity contribution in [2.45, 2.75) is 58.3 Å². The third-order valence-corrected chi connectivity index (χ3v) is 4.76. The van der Waals surface area contributed by atoms with Gasteiger partial charge in [0.15, 0.2) is 0 Å². The molecule has 0 atom stereocenters. The Balaban J connectivity index is 1.74. The molecule has 0 radical (unpaired) electrons. The number of benzene rings is 2. The zero-order valence-electron chi connectivity index (χ0n) is 16.4. The highest BCUT2D eigenvalue weighted by Gasteiger charge is 1.97. The first-order valence-corrected chi connectivity index (χ1v) is 10.8. The van der Waals surface area contributed by atoms with Crippen LogP contribution in [0.5, 0.6) is 5.75 Å². The molecule has 146 valence electrons. The summed E-state index contributed by atoms with van der Waals surface area (Å²) in [6.45, 7) is 2.95. The van der Waals surface area contributed by atoms with E-state index >= 15 is 0 Å². The van der Waals surface area contributed by atoms with E-state index in [9.17, 15) is 0 Å². The van der Waals surface area contributed by atoms with Crippen molar-refractivity contribution in [1.82, 2.24) is 0 Å². The second-order valence-corrected chi connectivity index (χ2v) is 7.25. The molecular formula is C23H32N2OS. The van der Waals surface area contributed by atoms with Gasteiger partial charge in [-0.15, -0.1) is 0 Å². The number of rotatable bonds is 13. The van der Waals surface area contributed by atoms with Crippen LogP contribution in [0.1, 0.15) is 57.4 Å². The second kappa shape index (κ2) is 13.4. The summed E-state index contributed by atoms with van der Waals surface area (Å²) >= 11 is 4.18. The monoisotopic (exact) mass is 384 g/mol. The molecule has 0 aromatic heterocycles. The Morgan fingerprint density at radius 3 is 1.96 bits per heavy atom. The van der Waals surface area contributed by atoms with Crippen LogP contribution in [0.2, 0.25) is 0 Å². The lowest BCUT2D eigenvalue weighted by atomic mass is 10.0. The number of hydrogen-bond acceptors (Lipinski definition) is 4. The van der Waals surface area contributed by atoms with Crippen LogP contribution in [0, 0.1) is 0 Å². The lowest BCUT2D eigenvalue weighted by Gasteiger charge is -2.04. The molecule has 2 aromatic rings. The maximum atomic E-state index is 5.62. The van der Waals surface area contributed by atoms with Crippen LogP contribution in [0.15, 0.2) is 58.8 Å². The zero-order chi connectivity index (χ0) is 19.2. The van der Waals surface area contributed by atoms with E-state index in [4.69, 9.17) is 4.74 Å². The van der Waals surface area contributed by atoms with Gasteiger partial charge in [0, 0.05) is 0 Å². The van der Waals surface area contributed by atoms with E-state index in [1.165, 1.54) is 44.1 Å². The fraction of sp³-hybridized carbons (Fsp3) is 0.478. The first kappa shape index (κ1) is 21.5. The molecule has 27 heavy (non-hydrogen) atoms. The Kier molecular flexibility index (Phi) is 10.6. The predicted molar refractivity (Wildman–Crippen MR) is 118 cm³/mol. The van der Waals surface area contributed by atoms with Gasteiger partial charge in [-0.1, -0.05) is 51.2 Å². The molecule has 0 heterocycles. The molecule has 2 aromatic carbocycles. The van der Waals surface area contributed by atoms with E-state index < -0.39 is 0 Å². The smallest absolute Gasteiger partial charge is 0.119 e. The molecule has 0 saturated heterocycles. The zero-order valence-corrected chi connectivity index (χ0v) is 17.3. The van der Waals surface area contributed by atoms with E-state index in [0.717, 1.165) is 35.7 Å². The Morgan fingerprint density at radius 2 is 1.33 bits per heavy atom. The highest BCUT2D eigenvalue weighted by atomic mass is 32.1. The molecule has 0 aliphatic rings. The molecule has 0 amide bonds. The Labute approximate surface area is 169 Å². The first-order valence-electron chi connectivity index (χ1n) is 10.2. The summed E-state index contributed by atoms with van der Waals surface area (Å²) < 4.78 is 5.62. The molecule has 0 N–H and O–H groups in total. The molecule has 0 aliphatic heterocycles. The highest BCUT2D eigenvalue weighted by Crippen LogP contribution is 2.22. The lowest BCUT2D eigenvalue weighted by Crippen LogP contribution is -1.97. The number of hydrogen-bond donors (Lipinski definition) is 1. The molecule has 0 bridgehead atoms.